The summed E-state index contributed by atoms with van der Waals surface area (Å²) < 4.78 is 15.5. The summed E-state index contributed by atoms with van der Waals surface area (Å²) in [6, 6.07) is 7.33. The predicted octanol–water partition coefficient (Wildman–Crippen LogP) is 2.36. The van der Waals surface area contributed by atoms with Crippen LogP contribution in [0.5, 0.6) is 5.75 Å². The first-order valence-corrected chi connectivity index (χ1v) is 6.12. The van der Waals surface area contributed by atoms with Gasteiger partial charge in [0.05, 0.1) is 0 Å². The molecule has 0 N–H and O–H groups in total. The summed E-state index contributed by atoms with van der Waals surface area (Å²) in [5.74, 6) is 6.04. The van der Waals surface area contributed by atoms with Gasteiger partial charge in [-0.25, -0.2) is 0 Å². The summed E-state index contributed by atoms with van der Waals surface area (Å²) in [6.07, 6.45) is -0.272. The highest BCUT2D eigenvalue weighted by molar-refractivity contribution is 5.66. The Morgan fingerprint density at radius 2 is 2.00 bits per heavy atom. The number of carbonyl (C=O) groups is 1. The average molecular weight is 262 g/mol. The van der Waals surface area contributed by atoms with E-state index < -0.39 is 0 Å². The van der Waals surface area contributed by atoms with E-state index in [0.717, 1.165) is 11.3 Å². The maximum Gasteiger partial charge on any atom is 0.303 e. The monoisotopic (exact) mass is 262 g/mol. The summed E-state index contributed by atoms with van der Waals surface area (Å²) in [7, 11) is 0. The lowest BCUT2D eigenvalue weighted by atomic mass is 10.2. The maximum absolute atomic E-state index is 10.5. The Bertz CT molecular complexity index is 453. The van der Waals surface area contributed by atoms with Gasteiger partial charge in [-0.15, -0.1) is 0 Å². The zero-order chi connectivity index (χ0) is 14.1. The van der Waals surface area contributed by atoms with Crippen LogP contribution in [0.25, 0.3) is 0 Å². The Hall–Kier alpha value is -1.99. The molecule has 0 aliphatic heterocycles. The summed E-state index contributed by atoms with van der Waals surface area (Å²) in [5.41, 5.74) is 0.837. The number of ether oxygens (including phenoxy) is 3. The van der Waals surface area contributed by atoms with Crippen LogP contribution >= 0.6 is 0 Å². The molecular weight excluding hydrogens is 244 g/mol. The first-order valence-electron chi connectivity index (χ1n) is 6.12. The normalized spacial score (nSPS) is 11.1. The number of benzene rings is 1. The highest BCUT2D eigenvalue weighted by atomic mass is 16.7. The highest BCUT2D eigenvalue weighted by Gasteiger charge is 2.01. The Balaban J connectivity index is 2.49. The Labute approximate surface area is 113 Å². The zero-order valence-corrected chi connectivity index (χ0v) is 11.4. The van der Waals surface area contributed by atoms with Crippen molar-refractivity contribution < 1.29 is 19.0 Å². The van der Waals surface area contributed by atoms with Gasteiger partial charge in [-0.05, 0) is 38.1 Å². The van der Waals surface area contributed by atoms with Crippen molar-refractivity contribution in [3.8, 4) is 17.6 Å². The fourth-order valence-electron chi connectivity index (χ4n) is 1.35. The van der Waals surface area contributed by atoms with E-state index in [0.29, 0.717) is 6.61 Å². The molecule has 4 nitrogen and oxygen atoms in total. The third-order valence-corrected chi connectivity index (χ3v) is 2.14. The minimum atomic E-state index is -0.331. The molecule has 1 atom stereocenters. The van der Waals surface area contributed by atoms with Crippen molar-refractivity contribution in [2.24, 2.45) is 0 Å². The largest absolute Gasteiger partial charge is 0.465 e. The molecule has 1 unspecified atom stereocenters. The first kappa shape index (κ1) is 15.1. The quantitative estimate of drug-likeness (QED) is 0.464. The van der Waals surface area contributed by atoms with Gasteiger partial charge >= 0.3 is 5.97 Å². The summed E-state index contributed by atoms with van der Waals surface area (Å²) >= 11 is 0. The lowest BCUT2D eigenvalue weighted by molar-refractivity contribution is -0.139. The van der Waals surface area contributed by atoms with Crippen molar-refractivity contribution in [1.29, 1.82) is 0 Å². The van der Waals surface area contributed by atoms with Crippen molar-refractivity contribution >= 4 is 5.97 Å². The third-order valence-electron chi connectivity index (χ3n) is 2.14. The predicted molar refractivity (Wildman–Crippen MR) is 71.7 cm³/mol. The van der Waals surface area contributed by atoms with Crippen molar-refractivity contribution in [1.82, 2.24) is 0 Å². The average Bonchev–Trinajstić information content (AvgIpc) is 2.36. The molecule has 0 saturated carbocycles. The van der Waals surface area contributed by atoms with Crippen LogP contribution in [0.1, 0.15) is 26.3 Å². The second-order valence-electron chi connectivity index (χ2n) is 3.75. The molecule has 0 spiro atoms. The molecule has 0 radical (unpaired) electrons. The molecule has 0 heterocycles. The molecule has 1 rings (SSSR count). The fraction of sp³-hybridized carbons (Fsp3) is 0.400. The van der Waals surface area contributed by atoms with Crippen molar-refractivity contribution in [2.45, 2.75) is 27.1 Å². The van der Waals surface area contributed by atoms with E-state index in [1.165, 1.54) is 6.92 Å². The fourth-order valence-corrected chi connectivity index (χ4v) is 1.35. The molecule has 0 aliphatic carbocycles. The molecule has 0 bridgehead atoms. The summed E-state index contributed by atoms with van der Waals surface area (Å²) in [4.78, 5) is 10.5. The maximum atomic E-state index is 10.5. The van der Waals surface area contributed by atoms with E-state index >= 15 is 0 Å². The second-order valence-corrected chi connectivity index (χ2v) is 3.75. The highest BCUT2D eigenvalue weighted by Crippen LogP contribution is 2.13. The molecule has 4 heteroatoms. The van der Waals surface area contributed by atoms with Crippen LogP contribution in [0.2, 0.25) is 0 Å². The number of rotatable bonds is 5. The molecule has 0 aliphatic rings. The van der Waals surface area contributed by atoms with E-state index in [-0.39, 0.29) is 18.9 Å². The van der Waals surface area contributed by atoms with Crippen LogP contribution in [0, 0.1) is 11.8 Å². The molecule has 1 aromatic rings. The van der Waals surface area contributed by atoms with Gasteiger partial charge in [0.1, 0.15) is 5.75 Å². The lowest BCUT2D eigenvalue weighted by Gasteiger charge is -2.13. The molecular formula is C15H18O4. The molecule has 0 aromatic heterocycles. The summed E-state index contributed by atoms with van der Waals surface area (Å²) in [5, 5.41) is 0. The van der Waals surface area contributed by atoms with Gasteiger partial charge in [0.25, 0.3) is 0 Å². The molecule has 102 valence electrons. The molecule has 19 heavy (non-hydrogen) atoms. The van der Waals surface area contributed by atoms with E-state index in [9.17, 15) is 4.79 Å². The van der Waals surface area contributed by atoms with E-state index in [1.54, 1.807) is 0 Å². The molecule has 0 amide bonds. The minimum absolute atomic E-state index is 0.106. The Morgan fingerprint density at radius 3 is 2.58 bits per heavy atom. The number of hydrogen-bond acceptors (Lipinski definition) is 4. The second kappa shape index (κ2) is 8.17. The zero-order valence-electron chi connectivity index (χ0n) is 11.4. The van der Waals surface area contributed by atoms with Crippen LogP contribution in [0.15, 0.2) is 24.3 Å². The van der Waals surface area contributed by atoms with Gasteiger partial charge < -0.3 is 14.2 Å². The standard InChI is InChI=1S/C15H18O4/c1-4-17-13(3)19-15-9-7-14(8-10-15)6-5-11-18-12(2)16/h7-10,13H,4,11H2,1-3H3. The summed E-state index contributed by atoms with van der Waals surface area (Å²) in [6.45, 7) is 5.83. The Morgan fingerprint density at radius 1 is 1.32 bits per heavy atom. The van der Waals surface area contributed by atoms with Crippen LogP contribution in [-0.4, -0.2) is 25.5 Å². The van der Waals surface area contributed by atoms with Gasteiger partial charge in [-0.3, -0.25) is 4.79 Å². The van der Waals surface area contributed by atoms with E-state index in [1.807, 2.05) is 38.1 Å². The minimum Gasteiger partial charge on any atom is -0.465 e. The smallest absolute Gasteiger partial charge is 0.303 e. The molecule has 1 aromatic carbocycles. The van der Waals surface area contributed by atoms with Gasteiger partial charge in [0.2, 0.25) is 0 Å². The van der Waals surface area contributed by atoms with Gasteiger partial charge in [0.15, 0.2) is 12.9 Å². The lowest BCUT2D eigenvalue weighted by Crippen LogP contribution is -2.15. The SMILES string of the molecule is CCOC(C)Oc1ccc(C#CCOC(C)=O)cc1. The van der Waals surface area contributed by atoms with Crippen LogP contribution < -0.4 is 4.74 Å². The molecule has 0 fully saturated rings. The number of hydrogen-bond donors (Lipinski definition) is 0. The van der Waals surface area contributed by atoms with Gasteiger partial charge in [-0.1, -0.05) is 11.8 Å². The van der Waals surface area contributed by atoms with E-state index in [2.05, 4.69) is 11.8 Å². The molecule has 0 saturated heterocycles. The van der Waals surface area contributed by atoms with Crippen LogP contribution in [0.4, 0.5) is 0 Å². The first-order chi connectivity index (χ1) is 9.11. The van der Waals surface area contributed by atoms with Crippen molar-refractivity contribution in [2.75, 3.05) is 13.2 Å². The van der Waals surface area contributed by atoms with Crippen LogP contribution in [0.3, 0.4) is 0 Å². The van der Waals surface area contributed by atoms with E-state index in [4.69, 9.17) is 14.2 Å². The van der Waals surface area contributed by atoms with Crippen LogP contribution in [-0.2, 0) is 14.3 Å². The van der Waals surface area contributed by atoms with Gasteiger partial charge in [0, 0.05) is 19.1 Å². The number of carbonyl (C=O) groups excluding carboxylic acids is 1. The third kappa shape index (κ3) is 6.49. The number of esters is 1. The van der Waals surface area contributed by atoms with Crippen molar-refractivity contribution in [3.05, 3.63) is 29.8 Å². The van der Waals surface area contributed by atoms with Crippen molar-refractivity contribution in [3.63, 3.8) is 0 Å². The Kier molecular flexibility index (Phi) is 6.48. The van der Waals surface area contributed by atoms with Gasteiger partial charge in [-0.2, -0.15) is 0 Å². The topological polar surface area (TPSA) is 44.8 Å².